The molecule has 0 saturated carbocycles. The zero-order chi connectivity index (χ0) is 13.8. The van der Waals surface area contributed by atoms with E-state index in [-0.39, 0.29) is 11.9 Å². The van der Waals surface area contributed by atoms with Gasteiger partial charge < -0.3 is 10.2 Å². The number of likely N-dealkylation sites (tertiary alicyclic amines) is 1. The summed E-state index contributed by atoms with van der Waals surface area (Å²) in [4.78, 5) is 25.3. The van der Waals surface area contributed by atoms with Crippen LogP contribution in [0, 0.1) is 0 Å². The van der Waals surface area contributed by atoms with Crippen LogP contribution in [0.15, 0.2) is 18.7 Å². The molecule has 0 aliphatic carbocycles. The van der Waals surface area contributed by atoms with E-state index in [4.69, 9.17) is 0 Å². The van der Waals surface area contributed by atoms with Crippen molar-refractivity contribution in [2.45, 2.75) is 18.9 Å². The van der Waals surface area contributed by atoms with Crippen molar-refractivity contribution in [3.8, 4) is 0 Å². The number of rotatable bonds is 3. The topological polar surface area (TPSA) is 61.4 Å². The van der Waals surface area contributed by atoms with Crippen LogP contribution in [-0.4, -0.2) is 64.9 Å². The molecule has 6 heteroatoms. The van der Waals surface area contributed by atoms with Crippen molar-refractivity contribution in [1.29, 1.82) is 0 Å². The van der Waals surface area contributed by atoms with Gasteiger partial charge >= 0.3 is 0 Å². The average molecular weight is 275 g/mol. The molecule has 3 heterocycles. The lowest BCUT2D eigenvalue weighted by Crippen LogP contribution is -2.50. The molecule has 1 atom stereocenters. The maximum Gasteiger partial charge on any atom is 0.244 e. The maximum absolute atomic E-state index is 12.9. The molecule has 2 fully saturated rings. The van der Waals surface area contributed by atoms with Crippen molar-refractivity contribution >= 4 is 5.91 Å². The Labute approximate surface area is 119 Å². The molecule has 2 aliphatic heterocycles. The van der Waals surface area contributed by atoms with Crippen LogP contribution in [0.2, 0.25) is 0 Å². The molecular weight excluding hydrogens is 254 g/mol. The molecule has 6 nitrogen and oxygen atoms in total. The van der Waals surface area contributed by atoms with E-state index < -0.39 is 0 Å². The molecule has 108 valence electrons. The lowest BCUT2D eigenvalue weighted by Gasteiger charge is -2.35. The molecule has 1 aromatic rings. The van der Waals surface area contributed by atoms with E-state index in [1.807, 2.05) is 4.90 Å². The highest BCUT2D eigenvalue weighted by molar-refractivity contribution is 5.83. The van der Waals surface area contributed by atoms with Gasteiger partial charge in [-0.15, -0.1) is 0 Å². The summed E-state index contributed by atoms with van der Waals surface area (Å²) in [5.41, 5.74) is 0.909. The number of piperazine rings is 1. The highest BCUT2D eigenvalue weighted by Crippen LogP contribution is 2.24. The van der Waals surface area contributed by atoms with E-state index in [0.29, 0.717) is 0 Å². The number of amides is 1. The van der Waals surface area contributed by atoms with Gasteiger partial charge in [-0.05, 0) is 12.8 Å². The molecule has 0 aromatic carbocycles. The Kier molecular flexibility index (Phi) is 4.22. The number of carbonyl (C=O) groups excluding carboxylic acids is 1. The summed E-state index contributed by atoms with van der Waals surface area (Å²) in [7, 11) is 0. The summed E-state index contributed by atoms with van der Waals surface area (Å²) in [6, 6.07) is -0.226. The van der Waals surface area contributed by atoms with E-state index in [1.54, 1.807) is 12.4 Å². The minimum atomic E-state index is -0.226. The fourth-order valence-electron chi connectivity index (χ4n) is 3.01. The Balaban J connectivity index is 1.84. The summed E-state index contributed by atoms with van der Waals surface area (Å²) < 4.78 is 0. The van der Waals surface area contributed by atoms with Gasteiger partial charge in [-0.3, -0.25) is 9.69 Å². The molecule has 2 saturated heterocycles. The van der Waals surface area contributed by atoms with E-state index in [2.05, 4.69) is 20.2 Å². The van der Waals surface area contributed by atoms with Gasteiger partial charge in [0.15, 0.2) is 0 Å². The lowest BCUT2D eigenvalue weighted by molar-refractivity contribution is -0.136. The van der Waals surface area contributed by atoms with Gasteiger partial charge in [-0.25, -0.2) is 9.97 Å². The van der Waals surface area contributed by atoms with E-state index >= 15 is 0 Å². The summed E-state index contributed by atoms with van der Waals surface area (Å²) >= 11 is 0. The van der Waals surface area contributed by atoms with Crippen LogP contribution in [0.3, 0.4) is 0 Å². The van der Waals surface area contributed by atoms with Crippen molar-refractivity contribution in [2.24, 2.45) is 0 Å². The standard InChI is InChI=1S/C14H21N5O/c20-14(19-5-1-2-6-19)13(12-9-16-11-17-10-12)18-7-3-15-4-8-18/h9-11,13,15H,1-8H2. The van der Waals surface area contributed by atoms with Crippen molar-refractivity contribution < 1.29 is 4.79 Å². The second-order valence-corrected chi connectivity index (χ2v) is 5.39. The molecule has 1 aromatic heterocycles. The first-order chi connectivity index (χ1) is 9.86. The summed E-state index contributed by atoms with van der Waals surface area (Å²) in [5.74, 6) is 0.208. The number of nitrogens with one attached hydrogen (secondary N) is 1. The van der Waals surface area contributed by atoms with Crippen molar-refractivity contribution in [2.75, 3.05) is 39.3 Å². The zero-order valence-corrected chi connectivity index (χ0v) is 11.7. The largest absolute Gasteiger partial charge is 0.341 e. The summed E-state index contributed by atoms with van der Waals surface area (Å²) in [5, 5.41) is 3.33. The molecule has 1 amide bonds. The Hall–Kier alpha value is -1.53. The van der Waals surface area contributed by atoms with Crippen LogP contribution in [-0.2, 0) is 4.79 Å². The minimum absolute atomic E-state index is 0.208. The smallest absolute Gasteiger partial charge is 0.244 e. The number of aromatic nitrogens is 2. The maximum atomic E-state index is 12.9. The van der Waals surface area contributed by atoms with Gasteiger partial charge in [0.25, 0.3) is 0 Å². The van der Waals surface area contributed by atoms with Gasteiger partial charge in [-0.2, -0.15) is 0 Å². The third-order valence-electron chi connectivity index (χ3n) is 4.06. The summed E-state index contributed by atoms with van der Waals surface area (Å²) in [6.07, 6.45) is 7.29. The molecule has 1 N–H and O–H groups in total. The predicted octanol–water partition coefficient (Wildman–Crippen LogP) is 0.0453. The highest BCUT2D eigenvalue weighted by atomic mass is 16.2. The molecule has 0 spiro atoms. The Bertz CT molecular complexity index is 440. The highest BCUT2D eigenvalue weighted by Gasteiger charge is 2.33. The first-order valence-corrected chi connectivity index (χ1v) is 7.35. The van der Waals surface area contributed by atoms with Gasteiger partial charge in [0.1, 0.15) is 12.4 Å². The third kappa shape index (κ3) is 2.81. The van der Waals surface area contributed by atoms with Crippen molar-refractivity contribution in [1.82, 2.24) is 25.1 Å². The van der Waals surface area contributed by atoms with Crippen LogP contribution in [0.4, 0.5) is 0 Å². The number of carbonyl (C=O) groups is 1. The van der Waals surface area contributed by atoms with Crippen LogP contribution >= 0.6 is 0 Å². The van der Waals surface area contributed by atoms with E-state index in [1.165, 1.54) is 6.33 Å². The molecule has 3 rings (SSSR count). The van der Waals surface area contributed by atoms with Crippen LogP contribution < -0.4 is 5.32 Å². The fourth-order valence-corrected chi connectivity index (χ4v) is 3.01. The Morgan fingerprint density at radius 2 is 1.75 bits per heavy atom. The van der Waals surface area contributed by atoms with Crippen molar-refractivity contribution in [3.05, 3.63) is 24.3 Å². The van der Waals surface area contributed by atoms with Gasteiger partial charge in [0.2, 0.25) is 5.91 Å². The third-order valence-corrected chi connectivity index (χ3v) is 4.06. The zero-order valence-electron chi connectivity index (χ0n) is 11.7. The van der Waals surface area contributed by atoms with Gasteiger partial charge in [-0.1, -0.05) is 0 Å². The minimum Gasteiger partial charge on any atom is -0.341 e. The van der Waals surface area contributed by atoms with Gasteiger partial charge in [0.05, 0.1) is 0 Å². The van der Waals surface area contributed by atoms with Crippen molar-refractivity contribution in [3.63, 3.8) is 0 Å². The number of hydrogen-bond acceptors (Lipinski definition) is 5. The summed E-state index contributed by atoms with van der Waals surface area (Å²) in [6.45, 7) is 5.40. The molecule has 20 heavy (non-hydrogen) atoms. The molecule has 0 bridgehead atoms. The monoisotopic (exact) mass is 275 g/mol. The number of nitrogens with zero attached hydrogens (tertiary/aromatic N) is 4. The second kappa shape index (κ2) is 6.28. The molecule has 2 aliphatic rings. The first-order valence-electron chi connectivity index (χ1n) is 7.35. The normalized spacial score (nSPS) is 21.9. The first kappa shape index (κ1) is 13.5. The van der Waals surface area contributed by atoms with Crippen LogP contribution in [0.1, 0.15) is 24.4 Å². The Morgan fingerprint density at radius 1 is 1.10 bits per heavy atom. The average Bonchev–Trinajstić information content (AvgIpc) is 3.04. The fraction of sp³-hybridized carbons (Fsp3) is 0.643. The molecular formula is C14H21N5O. The Morgan fingerprint density at radius 3 is 2.40 bits per heavy atom. The van der Waals surface area contributed by atoms with Gasteiger partial charge in [0, 0.05) is 57.2 Å². The molecule has 0 radical (unpaired) electrons. The quantitative estimate of drug-likeness (QED) is 0.844. The van der Waals surface area contributed by atoms with E-state index in [9.17, 15) is 4.79 Å². The second-order valence-electron chi connectivity index (χ2n) is 5.39. The molecule has 1 unspecified atom stereocenters. The lowest BCUT2D eigenvalue weighted by atomic mass is 10.1. The van der Waals surface area contributed by atoms with E-state index in [0.717, 1.165) is 57.7 Å². The van der Waals surface area contributed by atoms with Crippen LogP contribution in [0.5, 0.6) is 0 Å². The predicted molar refractivity (Wildman–Crippen MR) is 75.0 cm³/mol. The number of hydrogen-bond donors (Lipinski definition) is 1. The van der Waals surface area contributed by atoms with Crippen LogP contribution in [0.25, 0.3) is 0 Å². The SMILES string of the molecule is O=C(C(c1cncnc1)N1CCNCC1)N1CCCC1.